The van der Waals surface area contributed by atoms with Crippen LogP contribution in [0.5, 0.6) is 0 Å². The second-order valence-electron chi connectivity index (χ2n) is 8.28. The van der Waals surface area contributed by atoms with Crippen LogP contribution in [0.1, 0.15) is 44.2 Å². The van der Waals surface area contributed by atoms with E-state index in [0.717, 1.165) is 70.9 Å². The number of rotatable bonds is 5. The molecule has 0 unspecified atom stereocenters. The lowest BCUT2D eigenvalue weighted by Crippen LogP contribution is -2.43. The minimum Gasteiger partial charge on any atom is -0.338 e. The molecular formula is C25H27N3O3S. The first kappa shape index (κ1) is 22.2. The van der Waals surface area contributed by atoms with Crippen LogP contribution in [0.25, 0.3) is 17.0 Å². The van der Waals surface area contributed by atoms with Crippen molar-refractivity contribution in [1.82, 2.24) is 14.4 Å². The van der Waals surface area contributed by atoms with Gasteiger partial charge in [0.2, 0.25) is 5.91 Å². The molecule has 1 aromatic carbocycles. The summed E-state index contributed by atoms with van der Waals surface area (Å²) in [7, 11) is 0. The normalized spacial score (nSPS) is 20.4. The molecule has 3 heterocycles. The SMILES string of the molecule is C#CCN1C(=O)S/C(=C\c2cn(CC(=O)N3CCCC[C@H]3C)c3c(CC)cccc23)C1=O. The molecule has 4 rings (SSSR count). The molecule has 2 fully saturated rings. The number of para-hydroxylation sites is 1. The molecule has 7 heteroatoms. The summed E-state index contributed by atoms with van der Waals surface area (Å²) in [5.41, 5.74) is 2.96. The Bertz CT molecular complexity index is 1160. The van der Waals surface area contributed by atoms with Crippen LogP contribution in [-0.2, 0) is 22.6 Å². The summed E-state index contributed by atoms with van der Waals surface area (Å²) in [4.78, 5) is 41.4. The fourth-order valence-corrected chi connectivity index (χ4v) is 5.39. The average molecular weight is 450 g/mol. The first-order valence-corrected chi connectivity index (χ1v) is 11.8. The van der Waals surface area contributed by atoms with E-state index in [-0.39, 0.29) is 36.2 Å². The number of terminal acetylenes is 1. The number of hydrogen-bond acceptors (Lipinski definition) is 4. The largest absolute Gasteiger partial charge is 0.338 e. The quantitative estimate of drug-likeness (QED) is 0.505. The van der Waals surface area contributed by atoms with Gasteiger partial charge in [0, 0.05) is 29.7 Å². The van der Waals surface area contributed by atoms with Crippen molar-refractivity contribution in [3.63, 3.8) is 0 Å². The van der Waals surface area contributed by atoms with Gasteiger partial charge in [-0.3, -0.25) is 19.3 Å². The average Bonchev–Trinajstić information content (AvgIpc) is 3.26. The highest BCUT2D eigenvalue weighted by Crippen LogP contribution is 2.34. The lowest BCUT2D eigenvalue weighted by Gasteiger charge is -2.33. The van der Waals surface area contributed by atoms with E-state index in [2.05, 4.69) is 25.8 Å². The van der Waals surface area contributed by atoms with E-state index >= 15 is 0 Å². The van der Waals surface area contributed by atoms with E-state index in [4.69, 9.17) is 6.42 Å². The summed E-state index contributed by atoms with van der Waals surface area (Å²) in [6, 6.07) is 6.31. The number of aryl methyl sites for hydroxylation is 1. The van der Waals surface area contributed by atoms with E-state index in [0.29, 0.717) is 4.91 Å². The number of carbonyl (C=O) groups is 3. The third-order valence-electron chi connectivity index (χ3n) is 6.23. The number of thioether (sulfide) groups is 1. The molecule has 1 aromatic heterocycles. The Morgan fingerprint density at radius 2 is 2.12 bits per heavy atom. The molecule has 0 bridgehead atoms. The molecule has 0 saturated carbocycles. The van der Waals surface area contributed by atoms with Gasteiger partial charge in [-0.1, -0.05) is 31.0 Å². The van der Waals surface area contributed by atoms with Crippen LogP contribution < -0.4 is 0 Å². The third-order valence-corrected chi connectivity index (χ3v) is 7.14. The zero-order chi connectivity index (χ0) is 22.8. The fourth-order valence-electron chi connectivity index (χ4n) is 4.56. The highest BCUT2D eigenvalue weighted by atomic mass is 32.2. The van der Waals surface area contributed by atoms with Crippen LogP contribution in [-0.4, -0.2) is 50.6 Å². The Morgan fingerprint density at radius 3 is 2.84 bits per heavy atom. The predicted octanol–water partition coefficient (Wildman–Crippen LogP) is 4.27. The summed E-state index contributed by atoms with van der Waals surface area (Å²) in [6.45, 7) is 5.22. The number of hydrogen-bond donors (Lipinski definition) is 0. The zero-order valence-electron chi connectivity index (χ0n) is 18.5. The molecule has 32 heavy (non-hydrogen) atoms. The number of carbonyl (C=O) groups excluding carboxylic acids is 3. The van der Waals surface area contributed by atoms with Crippen LogP contribution in [0.2, 0.25) is 0 Å². The molecule has 2 aliphatic rings. The van der Waals surface area contributed by atoms with Gasteiger partial charge in [0.15, 0.2) is 0 Å². The van der Waals surface area contributed by atoms with Crippen LogP contribution in [0, 0.1) is 12.3 Å². The fraction of sp³-hybridized carbons (Fsp3) is 0.400. The van der Waals surface area contributed by atoms with Gasteiger partial charge < -0.3 is 9.47 Å². The van der Waals surface area contributed by atoms with Gasteiger partial charge in [0.25, 0.3) is 11.1 Å². The number of amides is 3. The molecule has 2 saturated heterocycles. The molecule has 166 valence electrons. The van der Waals surface area contributed by atoms with Crippen LogP contribution in [0.15, 0.2) is 29.3 Å². The molecule has 0 N–H and O–H groups in total. The van der Waals surface area contributed by atoms with Gasteiger partial charge in [0.1, 0.15) is 6.54 Å². The standard InChI is InChI=1S/C25H27N3O3S/c1-4-12-28-24(30)21(32-25(28)31)14-19-15-26(23-18(5-2)10-8-11-20(19)23)16-22(29)27-13-7-6-9-17(27)3/h1,8,10-11,14-15,17H,5-7,9,12-13,16H2,2-3H3/b21-14-/t17-/m1/s1. The maximum absolute atomic E-state index is 13.1. The van der Waals surface area contributed by atoms with E-state index in [9.17, 15) is 14.4 Å². The zero-order valence-corrected chi connectivity index (χ0v) is 19.3. The van der Waals surface area contributed by atoms with Crippen LogP contribution >= 0.6 is 11.8 Å². The molecule has 0 aliphatic carbocycles. The van der Waals surface area contributed by atoms with Crippen molar-refractivity contribution in [2.75, 3.05) is 13.1 Å². The van der Waals surface area contributed by atoms with E-state index in [1.54, 1.807) is 6.08 Å². The first-order valence-electron chi connectivity index (χ1n) is 11.0. The lowest BCUT2D eigenvalue weighted by molar-refractivity contribution is -0.135. The molecular weight excluding hydrogens is 422 g/mol. The molecule has 0 spiro atoms. The second-order valence-corrected chi connectivity index (χ2v) is 9.28. The summed E-state index contributed by atoms with van der Waals surface area (Å²) in [5, 5.41) is 0.610. The van der Waals surface area contributed by atoms with Gasteiger partial charge in [-0.15, -0.1) is 6.42 Å². The maximum Gasteiger partial charge on any atom is 0.294 e. The molecule has 2 aliphatic heterocycles. The molecule has 3 amide bonds. The summed E-state index contributed by atoms with van der Waals surface area (Å²) in [5.74, 6) is 2.10. The Hall–Kier alpha value is -2.98. The Kier molecular flexibility index (Phi) is 6.43. The Balaban J connectivity index is 1.72. The van der Waals surface area contributed by atoms with Crippen molar-refractivity contribution in [1.29, 1.82) is 0 Å². The second kappa shape index (κ2) is 9.25. The highest BCUT2D eigenvalue weighted by molar-refractivity contribution is 8.18. The molecule has 1 atom stereocenters. The monoisotopic (exact) mass is 449 g/mol. The van der Waals surface area contributed by atoms with Gasteiger partial charge in [-0.25, -0.2) is 0 Å². The van der Waals surface area contributed by atoms with Gasteiger partial charge in [-0.2, -0.15) is 0 Å². The number of fused-ring (bicyclic) bond motifs is 1. The lowest BCUT2D eigenvalue weighted by atomic mass is 10.0. The van der Waals surface area contributed by atoms with Crippen LogP contribution in [0.3, 0.4) is 0 Å². The van der Waals surface area contributed by atoms with Gasteiger partial charge >= 0.3 is 0 Å². The summed E-state index contributed by atoms with van der Waals surface area (Å²) < 4.78 is 2.00. The highest BCUT2D eigenvalue weighted by Gasteiger charge is 2.34. The number of benzene rings is 1. The third kappa shape index (κ3) is 4.07. The van der Waals surface area contributed by atoms with Gasteiger partial charge in [-0.05, 0) is 56.0 Å². The molecule has 0 radical (unpaired) electrons. The minimum atomic E-state index is -0.372. The maximum atomic E-state index is 13.1. The Morgan fingerprint density at radius 1 is 1.31 bits per heavy atom. The van der Waals surface area contributed by atoms with Crippen molar-refractivity contribution in [3.8, 4) is 12.3 Å². The van der Waals surface area contributed by atoms with Crippen molar-refractivity contribution >= 4 is 45.8 Å². The predicted molar refractivity (Wildman–Crippen MR) is 128 cm³/mol. The Labute approximate surface area is 192 Å². The number of nitrogens with zero attached hydrogens (tertiary/aromatic N) is 3. The van der Waals surface area contributed by atoms with Crippen molar-refractivity contribution in [3.05, 3.63) is 40.4 Å². The number of piperidine rings is 1. The summed E-state index contributed by atoms with van der Waals surface area (Å²) >= 11 is 0.900. The van der Waals surface area contributed by atoms with Gasteiger partial charge in [0.05, 0.1) is 17.0 Å². The smallest absolute Gasteiger partial charge is 0.294 e. The van der Waals surface area contributed by atoms with Crippen molar-refractivity contribution < 1.29 is 14.4 Å². The van der Waals surface area contributed by atoms with E-state index < -0.39 is 0 Å². The van der Waals surface area contributed by atoms with Crippen LogP contribution in [0.4, 0.5) is 4.79 Å². The number of imide groups is 1. The van der Waals surface area contributed by atoms with E-state index in [1.807, 2.05) is 27.8 Å². The molecule has 2 aromatic rings. The van der Waals surface area contributed by atoms with Crippen molar-refractivity contribution in [2.24, 2.45) is 0 Å². The van der Waals surface area contributed by atoms with E-state index in [1.165, 1.54) is 0 Å². The van der Waals surface area contributed by atoms with Crippen molar-refractivity contribution in [2.45, 2.75) is 52.1 Å². The summed E-state index contributed by atoms with van der Waals surface area (Å²) in [6.07, 6.45) is 13.0. The number of aromatic nitrogens is 1. The first-order chi connectivity index (χ1) is 15.4. The minimum absolute atomic E-state index is 0.0354. The number of likely N-dealkylation sites (tertiary alicyclic amines) is 1. The topological polar surface area (TPSA) is 62.6 Å². The molecule has 6 nitrogen and oxygen atoms in total.